The molecule has 2 aromatic carbocycles. The highest BCUT2D eigenvalue weighted by molar-refractivity contribution is 6.05. The monoisotopic (exact) mass is 457 g/mol. The molecule has 33 heavy (non-hydrogen) atoms. The summed E-state index contributed by atoms with van der Waals surface area (Å²) < 4.78 is 43.2. The lowest BCUT2D eigenvalue weighted by Gasteiger charge is -2.32. The number of nitrogens with one attached hydrogen (secondary N) is 1. The standard InChI is InChI=1S/C23H22F3N5O2/c1-29(13-16-12-27-30(14-16)17-7-3-2-4-8-17)15-22(33)31-19-10-6-5-9-18(19)28-21(32)11-20(31)23(24,25)26/h2-10,12,14,20H,11,13,15H2,1H3,(H,28,32)/t20-/m0/s1. The van der Waals surface area contributed by atoms with Crippen LogP contribution in [0.3, 0.4) is 0 Å². The molecule has 7 nitrogen and oxygen atoms in total. The van der Waals surface area contributed by atoms with E-state index in [0.29, 0.717) is 11.4 Å². The molecule has 4 rings (SSSR count). The number of carbonyl (C=O) groups is 2. The number of anilines is 2. The second-order valence-electron chi connectivity index (χ2n) is 7.89. The largest absolute Gasteiger partial charge is 0.409 e. The van der Waals surface area contributed by atoms with Crippen molar-refractivity contribution in [3.63, 3.8) is 0 Å². The molecule has 0 fully saturated rings. The van der Waals surface area contributed by atoms with Gasteiger partial charge < -0.3 is 5.32 Å². The summed E-state index contributed by atoms with van der Waals surface area (Å²) in [5.74, 6) is -1.54. The van der Waals surface area contributed by atoms with Crippen LogP contribution >= 0.6 is 0 Å². The number of halogens is 3. The van der Waals surface area contributed by atoms with E-state index in [1.165, 1.54) is 18.2 Å². The van der Waals surface area contributed by atoms with E-state index in [1.54, 1.807) is 35.1 Å². The van der Waals surface area contributed by atoms with Gasteiger partial charge in [-0.25, -0.2) is 4.68 Å². The Bertz CT molecular complexity index is 1150. The maximum Gasteiger partial charge on any atom is 0.409 e. The summed E-state index contributed by atoms with van der Waals surface area (Å²) in [4.78, 5) is 27.5. The van der Waals surface area contributed by atoms with Gasteiger partial charge >= 0.3 is 6.18 Å². The lowest BCUT2D eigenvalue weighted by Crippen LogP contribution is -2.52. The fraction of sp³-hybridized carbons (Fsp3) is 0.261. The van der Waals surface area contributed by atoms with Crippen molar-refractivity contribution in [2.75, 3.05) is 23.8 Å². The van der Waals surface area contributed by atoms with Crippen molar-refractivity contribution in [1.82, 2.24) is 14.7 Å². The molecule has 10 heteroatoms. The average Bonchev–Trinajstić information content (AvgIpc) is 3.15. The van der Waals surface area contributed by atoms with Gasteiger partial charge in [0.1, 0.15) is 6.04 Å². The number of hydrogen-bond donors (Lipinski definition) is 1. The summed E-state index contributed by atoms with van der Waals surface area (Å²) >= 11 is 0. The summed E-state index contributed by atoms with van der Waals surface area (Å²) in [5.41, 5.74) is 1.87. The first kappa shape index (κ1) is 22.5. The van der Waals surface area contributed by atoms with Crippen LogP contribution in [-0.4, -0.2) is 52.3 Å². The van der Waals surface area contributed by atoms with Gasteiger partial charge in [0.2, 0.25) is 11.8 Å². The van der Waals surface area contributed by atoms with E-state index in [2.05, 4.69) is 10.4 Å². The molecule has 0 bridgehead atoms. The minimum atomic E-state index is -4.76. The molecule has 172 valence electrons. The van der Waals surface area contributed by atoms with Crippen molar-refractivity contribution >= 4 is 23.2 Å². The second-order valence-corrected chi connectivity index (χ2v) is 7.89. The molecule has 0 saturated heterocycles. The molecule has 0 spiro atoms. The second kappa shape index (κ2) is 9.07. The highest BCUT2D eigenvalue weighted by Crippen LogP contribution is 2.37. The fourth-order valence-corrected chi connectivity index (χ4v) is 3.83. The number of alkyl halides is 3. The first-order chi connectivity index (χ1) is 15.7. The Hall–Kier alpha value is -3.66. The fourth-order valence-electron chi connectivity index (χ4n) is 3.83. The highest BCUT2D eigenvalue weighted by atomic mass is 19.4. The van der Waals surface area contributed by atoms with Crippen LogP contribution < -0.4 is 10.2 Å². The molecular weight excluding hydrogens is 435 g/mol. The number of rotatable bonds is 5. The van der Waals surface area contributed by atoms with Gasteiger partial charge in [0.05, 0.1) is 36.2 Å². The zero-order valence-electron chi connectivity index (χ0n) is 17.8. The van der Waals surface area contributed by atoms with Crippen LogP contribution in [0.2, 0.25) is 0 Å². The zero-order chi connectivity index (χ0) is 23.6. The van der Waals surface area contributed by atoms with Gasteiger partial charge in [-0.1, -0.05) is 30.3 Å². The summed E-state index contributed by atoms with van der Waals surface area (Å²) in [6, 6.07) is 13.2. The van der Waals surface area contributed by atoms with Crippen molar-refractivity contribution in [3.05, 3.63) is 72.6 Å². The van der Waals surface area contributed by atoms with E-state index in [-0.39, 0.29) is 17.9 Å². The highest BCUT2D eigenvalue weighted by Gasteiger charge is 2.49. The number of para-hydroxylation sites is 3. The predicted molar refractivity (Wildman–Crippen MR) is 117 cm³/mol. The Labute approximate surface area is 188 Å². The molecule has 1 aromatic heterocycles. The van der Waals surface area contributed by atoms with Crippen LogP contribution in [0.4, 0.5) is 24.5 Å². The van der Waals surface area contributed by atoms with Gasteiger partial charge in [0.25, 0.3) is 0 Å². The van der Waals surface area contributed by atoms with E-state index < -0.39 is 30.5 Å². The van der Waals surface area contributed by atoms with E-state index in [4.69, 9.17) is 0 Å². The predicted octanol–water partition coefficient (Wildman–Crippen LogP) is 3.61. The van der Waals surface area contributed by atoms with Gasteiger partial charge in [-0.3, -0.25) is 19.4 Å². The minimum Gasteiger partial charge on any atom is -0.324 e. The number of likely N-dealkylation sites (N-methyl/N-ethyl adjacent to an activating group) is 1. The van der Waals surface area contributed by atoms with Crippen LogP contribution in [-0.2, 0) is 16.1 Å². The van der Waals surface area contributed by atoms with E-state index in [9.17, 15) is 22.8 Å². The summed E-state index contributed by atoms with van der Waals surface area (Å²) in [6.45, 7) is 0.0353. The van der Waals surface area contributed by atoms with Gasteiger partial charge in [-0.15, -0.1) is 0 Å². The quantitative estimate of drug-likeness (QED) is 0.636. The third-order valence-electron chi connectivity index (χ3n) is 5.29. The van der Waals surface area contributed by atoms with Crippen LogP contribution in [0.15, 0.2) is 67.0 Å². The van der Waals surface area contributed by atoms with Crippen LogP contribution in [0.25, 0.3) is 5.69 Å². The molecule has 1 N–H and O–H groups in total. The molecule has 2 heterocycles. The van der Waals surface area contributed by atoms with Gasteiger partial charge in [-0.2, -0.15) is 18.3 Å². The molecular formula is C23H22F3N5O2. The number of benzene rings is 2. The normalized spacial score (nSPS) is 16.3. The number of fused-ring (bicyclic) bond motifs is 1. The maximum absolute atomic E-state index is 13.8. The average molecular weight is 457 g/mol. The SMILES string of the molecule is CN(CC(=O)N1c2ccccc2NC(=O)C[C@H]1C(F)(F)F)Cc1cnn(-c2ccccc2)c1. The Balaban J connectivity index is 1.53. The van der Waals surface area contributed by atoms with Gasteiger partial charge in [-0.05, 0) is 31.3 Å². The molecule has 2 amide bonds. The molecule has 1 aliphatic heterocycles. The summed E-state index contributed by atoms with van der Waals surface area (Å²) in [7, 11) is 1.65. The third-order valence-corrected chi connectivity index (χ3v) is 5.29. The van der Waals surface area contributed by atoms with Crippen LogP contribution in [0.5, 0.6) is 0 Å². The van der Waals surface area contributed by atoms with Crippen molar-refractivity contribution in [2.24, 2.45) is 0 Å². The van der Waals surface area contributed by atoms with E-state index >= 15 is 0 Å². The molecule has 3 aromatic rings. The van der Waals surface area contributed by atoms with E-state index in [0.717, 1.165) is 11.3 Å². The van der Waals surface area contributed by atoms with Gasteiger partial charge in [0, 0.05) is 18.3 Å². The number of hydrogen-bond acceptors (Lipinski definition) is 4. The molecule has 1 atom stereocenters. The Kier molecular flexibility index (Phi) is 6.19. The molecule has 0 unspecified atom stereocenters. The van der Waals surface area contributed by atoms with Crippen molar-refractivity contribution in [2.45, 2.75) is 25.2 Å². The van der Waals surface area contributed by atoms with E-state index in [1.807, 2.05) is 30.3 Å². The topological polar surface area (TPSA) is 70.5 Å². The zero-order valence-corrected chi connectivity index (χ0v) is 17.8. The van der Waals surface area contributed by atoms with Crippen molar-refractivity contribution in [1.29, 1.82) is 0 Å². The number of nitrogens with zero attached hydrogens (tertiary/aromatic N) is 4. The van der Waals surface area contributed by atoms with Crippen LogP contribution in [0, 0.1) is 0 Å². The lowest BCUT2D eigenvalue weighted by molar-refractivity contribution is -0.158. The van der Waals surface area contributed by atoms with Gasteiger partial charge in [0.15, 0.2) is 0 Å². The maximum atomic E-state index is 13.8. The lowest BCUT2D eigenvalue weighted by atomic mass is 10.1. The molecule has 1 aliphatic rings. The Morgan fingerprint density at radius 3 is 2.58 bits per heavy atom. The Morgan fingerprint density at radius 2 is 1.85 bits per heavy atom. The number of aromatic nitrogens is 2. The molecule has 0 aliphatic carbocycles. The van der Waals surface area contributed by atoms with Crippen LogP contribution in [0.1, 0.15) is 12.0 Å². The minimum absolute atomic E-state index is 0.0287. The first-order valence-electron chi connectivity index (χ1n) is 10.3. The smallest absolute Gasteiger partial charge is 0.324 e. The van der Waals surface area contributed by atoms with Crippen molar-refractivity contribution in [3.8, 4) is 5.69 Å². The Morgan fingerprint density at radius 1 is 1.15 bits per heavy atom. The summed E-state index contributed by atoms with van der Waals surface area (Å²) in [6.07, 6.45) is -2.17. The summed E-state index contributed by atoms with van der Waals surface area (Å²) in [5, 5.41) is 6.77. The molecule has 0 saturated carbocycles. The first-order valence-corrected chi connectivity index (χ1v) is 10.3. The number of carbonyl (C=O) groups excluding carboxylic acids is 2. The third kappa shape index (κ3) is 5.06. The van der Waals surface area contributed by atoms with Crippen molar-refractivity contribution < 1.29 is 22.8 Å². The molecule has 0 radical (unpaired) electrons. The number of amides is 2.